The Morgan fingerprint density at radius 1 is 1.18 bits per heavy atom. The largest absolute Gasteiger partial charge is 0.338 e. The minimum atomic E-state index is 0.149. The molecule has 0 unspecified atom stereocenters. The molecule has 4 rings (SSSR count). The number of imidazole rings is 1. The van der Waals surface area contributed by atoms with E-state index in [9.17, 15) is 4.79 Å². The number of amides is 1. The molecule has 0 N–H and O–H groups in total. The predicted molar refractivity (Wildman–Crippen MR) is 114 cm³/mol. The first-order valence-corrected chi connectivity index (χ1v) is 10.7. The van der Waals surface area contributed by atoms with Gasteiger partial charge in [0.05, 0.1) is 23.7 Å². The zero-order valence-corrected chi connectivity index (χ0v) is 17.2. The number of benzene rings is 2. The summed E-state index contributed by atoms with van der Waals surface area (Å²) in [4.78, 5) is 19.3. The maximum Gasteiger partial charge on any atom is 0.233 e. The van der Waals surface area contributed by atoms with Gasteiger partial charge >= 0.3 is 0 Å². The Morgan fingerprint density at radius 3 is 2.75 bits per heavy atom. The van der Waals surface area contributed by atoms with Crippen LogP contribution in [0.15, 0.2) is 66.0 Å². The van der Waals surface area contributed by atoms with Crippen molar-refractivity contribution in [3.8, 4) is 11.3 Å². The van der Waals surface area contributed by atoms with Gasteiger partial charge in [-0.25, -0.2) is 4.98 Å². The third-order valence-corrected chi connectivity index (χ3v) is 6.57. The summed E-state index contributed by atoms with van der Waals surface area (Å²) in [5.74, 6) is 0.546. The van der Waals surface area contributed by atoms with Crippen molar-refractivity contribution < 1.29 is 4.79 Å². The Labute approximate surface area is 170 Å². The molecule has 2 aromatic carbocycles. The molecule has 0 radical (unpaired) electrons. The van der Waals surface area contributed by atoms with E-state index in [4.69, 9.17) is 0 Å². The number of aromatic nitrogens is 2. The number of aryl methyl sites for hydroxylation is 1. The van der Waals surface area contributed by atoms with Crippen LogP contribution in [0.4, 0.5) is 0 Å². The van der Waals surface area contributed by atoms with Gasteiger partial charge in [0.1, 0.15) is 0 Å². The quantitative estimate of drug-likeness (QED) is 0.591. The molecule has 144 valence electrons. The number of fused-ring (bicyclic) bond motifs is 1. The van der Waals surface area contributed by atoms with Crippen LogP contribution in [0.3, 0.4) is 0 Å². The number of nitrogens with zero attached hydrogens (tertiary/aromatic N) is 3. The van der Waals surface area contributed by atoms with Crippen LogP contribution in [-0.2, 0) is 18.3 Å². The number of rotatable bonds is 5. The fraction of sp³-hybridized carbons (Fsp3) is 0.304. The number of hydrogen-bond donors (Lipinski definition) is 0. The first-order chi connectivity index (χ1) is 13.6. The summed E-state index contributed by atoms with van der Waals surface area (Å²) >= 11 is 1.50. The minimum absolute atomic E-state index is 0.149. The fourth-order valence-corrected chi connectivity index (χ4v) is 4.81. The lowest BCUT2D eigenvalue weighted by atomic mass is 9.87. The Bertz CT molecular complexity index is 967. The predicted octanol–water partition coefficient (Wildman–Crippen LogP) is 4.72. The van der Waals surface area contributed by atoms with Gasteiger partial charge in [0.2, 0.25) is 5.91 Å². The van der Waals surface area contributed by atoms with Crippen molar-refractivity contribution in [3.05, 3.63) is 71.9 Å². The lowest BCUT2D eigenvalue weighted by molar-refractivity contribution is -0.129. The van der Waals surface area contributed by atoms with Crippen molar-refractivity contribution in [1.29, 1.82) is 0 Å². The van der Waals surface area contributed by atoms with E-state index in [0.717, 1.165) is 35.7 Å². The Hall–Kier alpha value is -2.53. The molecule has 1 aliphatic rings. The molecule has 28 heavy (non-hydrogen) atoms. The average Bonchev–Trinajstić information content (AvgIpc) is 3.12. The number of carbonyl (C=O) groups excluding carboxylic acids is 1. The maximum absolute atomic E-state index is 12.9. The monoisotopic (exact) mass is 391 g/mol. The Balaban J connectivity index is 1.43. The third-order valence-electron chi connectivity index (χ3n) is 5.54. The molecular weight excluding hydrogens is 366 g/mol. The first-order valence-electron chi connectivity index (χ1n) is 9.68. The van der Waals surface area contributed by atoms with Gasteiger partial charge in [-0.3, -0.25) is 4.79 Å². The van der Waals surface area contributed by atoms with Crippen molar-refractivity contribution >= 4 is 17.7 Å². The summed E-state index contributed by atoms with van der Waals surface area (Å²) in [5.41, 5.74) is 4.87. The highest BCUT2D eigenvalue weighted by Crippen LogP contribution is 2.34. The van der Waals surface area contributed by atoms with E-state index < -0.39 is 0 Å². The van der Waals surface area contributed by atoms with E-state index in [-0.39, 0.29) is 11.9 Å². The second-order valence-electron chi connectivity index (χ2n) is 7.25. The summed E-state index contributed by atoms with van der Waals surface area (Å²) in [6, 6.07) is 18.9. The van der Waals surface area contributed by atoms with E-state index in [1.54, 1.807) is 0 Å². The summed E-state index contributed by atoms with van der Waals surface area (Å²) < 4.78 is 2.06. The third kappa shape index (κ3) is 3.72. The normalized spacial score (nSPS) is 15.9. The van der Waals surface area contributed by atoms with Crippen LogP contribution < -0.4 is 0 Å². The molecule has 0 saturated carbocycles. The molecule has 4 nitrogen and oxygen atoms in total. The van der Waals surface area contributed by atoms with Crippen molar-refractivity contribution in [2.24, 2.45) is 7.05 Å². The Morgan fingerprint density at radius 2 is 1.93 bits per heavy atom. The Kier molecular flexibility index (Phi) is 5.53. The van der Waals surface area contributed by atoms with Crippen LogP contribution in [0.25, 0.3) is 11.3 Å². The SMILES string of the molecule is CN(C(=O)CSc1ncc(-c2ccccc2)n1C)[C@H]1CCCc2ccccc21. The molecule has 0 spiro atoms. The molecule has 0 bridgehead atoms. The van der Waals surface area contributed by atoms with Crippen molar-refractivity contribution in [2.75, 3.05) is 12.8 Å². The highest BCUT2D eigenvalue weighted by atomic mass is 32.2. The van der Waals surface area contributed by atoms with Crippen LogP contribution in [0.1, 0.15) is 30.0 Å². The van der Waals surface area contributed by atoms with Crippen LogP contribution in [0.2, 0.25) is 0 Å². The minimum Gasteiger partial charge on any atom is -0.338 e. The molecule has 1 amide bonds. The van der Waals surface area contributed by atoms with Gasteiger partial charge in [0, 0.05) is 14.1 Å². The average molecular weight is 392 g/mol. The van der Waals surface area contributed by atoms with E-state index in [2.05, 4.69) is 45.9 Å². The van der Waals surface area contributed by atoms with Crippen LogP contribution in [-0.4, -0.2) is 33.2 Å². The number of thioether (sulfide) groups is 1. The summed E-state index contributed by atoms with van der Waals surface area (Å²) in [6.07, 6.45) is 5.15. The van der Waals surface area contributed by atoms with E-state index in [1.165, 1.54) is 22.9 Å². The van der Waals surface area contributed by atoms with Gasteiger partial charge in [-0.1, -0.05) is 66.4 Å². The summed E-state index contributed by atoms with van der Waals surface area (Å²) in [6.45, 7) is 0. The van der Waals surface area contributed by atoms with E-state index >= 15 is 0 Å². The van der Waals surface area contributed by atoms with Gasteiger partial charge in [-0.15, -0.1) is 0 Å². The molecule has 5 heteroatoms. The number of carbonyl (C=O) groups is 1. The summed E-state index contributed by atoms with van der Waals surface area (Å²) in [5, 5.41) is 0.865. The molecule has 0 saturated heterocycles. The standard InChI is InChI=1S/C23H25N3OS/c1-25(20-14-8-12-17-9-6-7-13-19(17)20)22(27)16-28-23-24-15-21(26(23)2)18-10-4-3-5-11-18/h3-7,9-11,13,15,20H,8,12,14,16H2,1-2H3/t20-/m0/s1. The maximum atomic E-state index is 12.9. The van der Waals surface area contributed by atoms with Gasteiger partial charge in [-0.2, -0.15) is 0 Å². The molecule has 3 aromatic rings. The molecule has 0 fully saturated rings. The molecule has 0 aliphatic heterocycles. The van der Waals surface area contributed by atoms with Gasteiger partial charge < -0.3 is 9.47 Å². The smallest absolute Gasteiger partial charge is 0.233 e. The zero-order chi connectivity index (χ0) is 19.5. The van der Waals surface area contributed by atoms with Crippen molar-refractivity contribution in [3.63, 3.8) is 0 Å². The molecule has 1 aliphatic carbocycles. The van der Waals surface area contributed by atoms with Gasteiger partial charge in [0.15, 0.2) is 5.16 Å². The second-order valence-corrected chi connectivity index (χ2v) is 8.19. The molecular formula is C23H25N3OS. The lowest BCUT2D eigenvalue weighted by Gasteiger charge is -2.33. The molecule has 1 aromatic heterocycles. The van der Waals surface area contributed by atoms with Gasteiger partial charge in [0.25, 0.3) is 0 Å². The fourth-order valence-electron chi connectivity index (χ4n) is 3.94. The highest BCUT2D eigenvalue weighted by Gasteiger charge is 2.26. The second kappa shape index (κ2) is 8.23. The van der Waals surface area contributed by atoms with Crippen molar-refractivity contribution in [1.82, 2.24) is 14.5 Å². The topological polar surface area (TPSA) is 38.1 Å². The lowest BCUT2D eigenvalue weighted by Crippen LogP contribution is -2.34. The molecule has 1 heterocycles. The zero-order valence-electron chi connectivity index (χ0n) is 16.3. The highest BCUT2D eigenvalue weighted by molar-refractivity contribution is 7.99. The van der Waals surface area contributed by atoms with Gasteiger partial charge in [-0.05, 0) is 36.0 Å². The van der Waals surface area contributed by atoms with E-state index in [1.807, 2.05) is 43.4 Å². The van der Waals surface area contributed by atoms with Crippen LogP contribution >= 0.6 is 11.8 Å². The number of hydrogen-bond acceptors (Lipinski definition) is 3. The van der Waals surface area contributed by atoms with Crippen molar-refractivity contribution in [2.45, 2.75) is 30.5 Å². The van der Waals surface area contributed by atoms with Crippen LogP contribution in [0, 0.1) is 0 Å². The summed E-state index contributed by atoms with van der Waals surface area (Å²) in [7, 11) is 3.94. The molecule has 1 atom stereocenters. The first kappa shape index (κ1) is 18.8. The van der Waals surface area contributed by atoms with Crippen LogP contribution in [0.5, 0.6) is 0 Å². The van der Waals surface area contributed by atoms with E-state index in [0.29, 0.717) is 5.75 Å².